The van der Waals surface area contributed by atoms with Gasteiger partial charge in [-0.05, 0) is 37.3 Å². The van der Waals surface area contributed by atoms with Crippen molar-refractivity contribution >= 4 is 40.7 Å². The highest BCUT2D eigenvalue weighted by Gasteiger charge is 2.16. The zero-order chi connectivity index (χ0) is 16.8. The molecule has 120 valence electrons. The minimum atomic E-state index is -1.26. The number of rotatable bonds is 5. The first kappa shape index (κ1) is 16.6. The van der Waals surface area contributed by atoms with E-state index in [1.54, 1.807) is 18.2 Å². The molecule has 1 atom stereocenters. The lowest BCUT2D eigenvalue weighted by Gasteiger charge is -2.16. The fraction of sp³-hybridized carbons (Fsp3) is 0.125. The van der Waals surface area contributed by atoms with Crippen LogP contribution < -0.4 is 16.0 Å². The number of carbonyl (C=O) groups is 2. The lowest BCUT2D eigenvalue weighted by molar-refractivity contribution is -0.117. The SMILES string of the molecule is C[C@H](NC(=O)O)C(=O)Nc1ccc(Cl)cc1Nc1ccccc1. The van der Waals surface area contributed by atoms with E-state index in [0.717, 1.165) is 5.69 Å². The highest BCUT2D eigenvalue weighted by molar-refractivity contribution is 6.31. The zero-order valence-corrected chi connectivity index (χ0v) is 13.1. The number of para-hydroxylation sites is 1. The molecular weight excluding hydrogens is 318 g/mol. The van der Waals surface area contributed by atoms with Crippen LogP contribution in [0.15, 0.2) is 48.5 Å². The first-order chi connectivity index (χ1) is 11.0. The van der Waals surface area contributed by atoms with Crippen LogP contribution in [0, 0.1) is 0 Å². The molecular formula is C16H16ClN3O3. The van der Waals surface area contributed by atoms with E-state index in [2.05, 4.69) is 16.0 Å². The molecule has 0 aromatic heterocycles. The molecule has 0 saturated heterocycles. The van der Waals surface area contributed by atoms with Crippen molar-refractivity contribution < 1.29 is 14.7 Å². The van der Waals surface area contributed by atoms with Crippen LogP contribution in [0.25, 0.3) is 0 Å². The van der Waals surface area contributed by atoms with Gasteiger partial charge in [-0.25, -0.2) is 4.79 Å². The number of hydrogen-bond donors (Lipinski definition) is 4. The second kappa shape index (κ2) is 7.51. The monoisotopic (exact) mass is 333 g/mol. The van der Waals surface area contributed by atoms with Crippen LogP contribution >= 0.6 is 11.6 Å². The molecule has 0 bridgehead atoms. The number of nitrogens with one attached hydrogen (secondary N) is 3. The molecule has 7 heteroatoms. The number of benzene rings is 2. The number of carboxylic acid groups (broad SMARTS) is 1. The lowest BCUT2D eigenvalue weighted by Crippen LogP contribution is -2.40. The third-order valence-corrected chi connectivity index (χ3v) is 3.26. The van der Waals surface area contributed by atoms with Crippen molar-refractivity contribution in [1.82, 2.24) is 5.32 Å². The summed E-state index contributed by atoms with van der Waals surface area (Å²) in [7, 11) is 0. The summed E-state index contributed by atoms with van der Waals surface area (Å²) in [6, 6.07) is 13.5. The Kier molecular flexibility index (Phi) is 5.43. The van der Waals surface area contributed by atoms with Gasteiger partial charge in [-0.2, -0.15) is 0 Å². The van der Waals surface area contributed by atoms with E-state index in [0.29, 0.717) is 16.4 Å². The molecule has 23 heavy (non-hydrogen) atoms. The molecule has 0 radical (unpaired) electrons. The van der Waals surface area contributed by atoms with E-state index in [1.165, 1.54) is 6.92 Å². The minimum Gasteiger partial charge on any atom is -0.465 e. The van der Waals surface area contributed by atoms with Gasteiger partial charge < -0.3 is 21.1 Å². The summed E-state index contributed by atoms with van der Waals surface area (Å²) in [6.45, 7) is 1.46. The number of amides is 2. The summed E-state index contributed by atoms with van der Waals surface area (Å²) in [6.07, 6.45) is -1.26. The van der Waals surface area contributed by atoms with Crippen molar-refractivity contribution in [2.24, 2.45) is 0 Å². The standard InChI is InChI=1S/C16H16ClN3O3/c1-10(18-16(22)23)15(21)20-13-8-7-11(17)9-14(13)19-12-5-3-2-4-6-12/h2-10,18-19H,1H3,(H,20,21)(H,22,23)/t10-/m0/s1. The molecule has 2 aromatic rings. The molecule has 2 rings (SSSR count). The van der Waals surface area contributed by atoms with E-state index in [4.69, 9.17) is 16.7 Å². The number of halogens is 1. The van der Waals surface area contributed by atoms with Crippen LogP contribution in [0.3, 0.4) is 0 Å². The molecule has 0 aliphatic rings. The summed E-state index contributed by atoms with van der Waals surface area (Å²) >= 11 is 6.01. The first-order valence-corrected chi connectivity index (χ1v) is 7.25. The Morgan fingerprint density at radius 2 is 1.78 bits per heavy atom. The molecule has 0 heterocycles. The van der Waals surface area contributed by atoms with Crippen LogP contribution in [-0.2, 0) is 4.79 Å². The molecule has 0 unspecified atom stereocenters. The fourth-order valence-electron chi connectivity index (χ4n) is 1.90. The number of hydrogen-bond acceptors (Lipinski definition) is 3. The van der Waals surface area contributed by atoms with E-state index >= 15 is 0 Å². The molecule has 0 aliphatic heterocycles. The van der Waals surface area contributed by atoms with Gasteiger partial charge >= 0.3 is 6.09 Å². The summed E-state index contributed by atoms with van der Waals surface area (Å²) in [5.74, 6) is -0.467. The van der Waals surface area contributed by atoms with Crippen molar-refractivity contribution in [2.75, 3.05) is 10.6 Å². The molecule has 4 N–H and O–H groups in total. The van der Waals surface area contributed by atoms with Crippen LogP contribution in [0.2, 0.25) is 5.02 Å². The van der Waals surface area contributed by atoms with E-state index in [9.17, 15) is 9.59 Å². The van der Waals surface area contributed by atoms with Crippen molar-refractivity contribution in [2.45, 2.75) is 13.0 Å². The third kappa shape index (κ3) is 4.89. The van der Waals surface area contributed by atoms with Gasteiger partial charge in [0.1, 0.15) is 6.04 Å². The average molecular weight is 334 g/mol. The average Bonchev–Trinajstić information content (AvgIpc) is 2.50. The van der Waals surface area contributed by atoms with Gasteiger partial charge in [0.2, 0.25) is 5.91 Å². The summed E-state index contributed by atoms with van der Waals surface area (Å²) in [5.41, 5.74) is 1.95. The molecule has 0 aliphatic carbocycles. The van der Waals surface area contributed by atoms with Crippen molar-refractivity contribution in [3.63, 3.8) is 0 Å². The van der Waals surface area contributed by atoms with Crippen LogP contribution in [-0.4, -0.2) is 23.1 Å². The molecule has 2 amide bonds. The highest BCUT2D eigenvalue weighted by Crippen LogP contribution is 2.28. The van der Waals surface area contributed by atoms with Gasteiger partial charge in [-0.1, -0.05) is 29.8 Å². The topological polar surface area (TPSA) is 90.5 Å². The zero-order valence-electron chi connectivity index (χ0n) is 12.3. The Labute approximate surface area is 138 Å². The van der Waals surface area contributed by atoms with Crippen LogP contribution in [0.4, 0.5) is 21.9 Å². The van der Waals surface area contributed by atoms with Crippen molar-refractivity contribution in [3.8, 4) is 0 Å². The van der Waals surface area contributed by atoms with Crippen LogP contribution in [0.5, 0.6) is 0 Å². The second-order valence-corrected chi connectivity index (χ2v) is 5.28. The van der Waals surface area contributed by atoms with Gasteiger partial charge in [0, 0.05) is 10.7 Å². The number of carbonyl (C=O) groups excluding carboxylic acids is 1. The van der Waals surface area contributed by atoms with Gasteiger partial charge in [0.05, 0.1) is 11.4 Å². The minimum absolute atomic E-state index is 0.467. The summed E-state index contributed by atoms with van der Waals surface area (Å²) in [4.78, 5) is 22.6. The maximum atomic E-state index is 12.0. The van der Waals surface area contributed by atoms with Gasteiger partial charge in [0.25, 0.3) is 0 Å². The Balaban J connectivity index is 2.18. The molecule has 2 aromatic carbocycles. The summed E-state index contributed by atoms with van der Waals surface area (Å²) in [5, 5.41) is 17.1. The van der Waals surface area contributed by atoms with Crippen LogP contribution in [0.1, 0.15) is 6.92 Å². The maximum Gasteiger partial charge on any atom is 0.405 e. The van der Waals surface area contributed by atoms with Gasteiger partial charge in [-0.15, -0.1) is 0 Å². The van der Waals surface area contributed by atoms with E-state index in [1.807, 2.05) is 30.3 Å². The summed E-state index contributed by atoms with van der Waals surface area (Å²) < 4.78 is 0. The second-order valence-electron chi connectivity index (χ2n) is 4.84. The lowest BCUT2D eigenvalue weighted by atomic mass is 10.2. The Hall–Kier alpha value is -2.73. The number of anilines is 3. The van der Waals surface area contributed by atoms with E-state index in [-0.39, 0.29) is 0 Å². The Morgan fingerprint density at radius 3 is 2.43 bits per heavy atom. The smallest absolute Gasteiger partial charge is 0.405 e. The quantitative estimate of drug-likeness (QED) is 0.672. The largest absolute Gasteiger partial charge is 0.465 e. The normalized spacial score (nSPS) is 11.4. The fourth-order valence-corrected chi connectivity index (χ4v) is 2.07. The predicted molar refractivity (Wildman–Crippen MR) is 90.4 cm³/mol. The van der Waals surface area contributed by atoms with Crippen molar-refractivity contribution in [3.05, 3.63) is 53.6 Å². The Bertz CT molecular complexity index is 707. The Morgan fingerprint density at radius 1 is 1.09 bits per heavy atom. The predicted octanol–water partition coefficient (Wildman–Crippen LogP) is 3.68. The molecule has 0 spiro atoms. The maximum absolute atomic E-state index is 12.0. The van der Waals surface area contributed by atoms with E-state index < -0.39 is 18.0 Å². The molecule has 0 fully saturated rings. The first-order valence-electron chi connectivity index (χ1n) is 6.87. The molecule has 6 nitrogen and oxygen atoms in total. The van der Waals surface area contributed by atoms with Gasteiger partial charge in [-0.3, -0.25) is 4.79 Å². The van der Waals surface area contributed by atoms with Crippen molar-refractivity contribution in [1.29, 1.82) is 0 Å². The van der Waals surface area contributed by atoms with Gasteiger partial charge in [0.15, 0.2) is 0 Å². The molecule has 0 saturated carbocycles. The highest BCUT2D eigenvalue weighted by atomic mass is 35.5. The third-order valence-electron chi connectivity index (χ3n) is 3.03.